The molecule has 92 valence electrons. The lowest BCUT2D eigenvalue weighted by Gasteiger charge is -2.10. The first kappa shape index (κ1) is 12.9. The Morgan fingerprint density at radius 3 is 1.44 bits per heavy atom. The normalized spacial score (nSPS) is 11.2. The Bertz CT molecular complexity index is 472. The van der Waals surface area contributed by atoms with Crippen LogP contribution in [0.5, 0.6) is 0 Å². The second-order valence-corrected chi connectivity index (χ2v) is 5.38. The molecule has 0 saturated carbocycles. The fourth-order valence-corrected chi connectivity index (χ4v) is 2.00. The molecule has 2 aromatic rings. The van der Waals surface area contributed by atoms with Crippen LogP contribution in [0.1, 0.15) is 50.7 Å². The largest absolute Gasteiger partial charge is 0.0587 e. The minimum atomic E-state index is 0.548. The average molecular weight is 236 g/mol. The van der Waals surface area contributed by atoms with E-state index < -0.39 is 0 Å². The molecule has 0 aliphatic rings. The summed E-state index contributed by atoms with van der Waals surface area (Å²) in [5.41, 5.74) is 4.99. The van der Waals surface area contributed by atoms with Crippen LogP contribution in [0.3, 0.4) is 0 Å². The molecule has 0 spiro atoms. The van der Waals surface area contributed by atoms with Crippen molar-refractivity contribution in [3.63, 3.8) is 0 Å². The highest BCUT2D eigenvalue weighted by atomic mass is 14.1. The molecule has 0 aliphatic heterocycles. The maximum atomic E-state index is 3.31. The molecule has 0 bridgehead atoms. The molecule has 0 amide bonds. The third-order valence-corrected chi connectivity index (χ3v) is 3.27. The predicted octanol–water partition coefficient (Wildman–Crippen LogP) is 5.20. The lowest BCUT2D eigenvalue weighted by molar-refractivity contribution is 0.865. The molecule has 0 saturated heterocycles. The summed E-state index contributed by atoms with van der Waals surface area (Å²) in [5, 5.41) is 0. The maximum Gasteiger partial charge on any atom is -0.00960 e. The van der Waals surface area contributed by atoms with Crippen LogP contribution in [-0.2, 0) is 0 Å². The van der Waals surface area contributed by atoms with Crippen LogP contribution in [0.25, 0.3) is 11.1 Å². The first-order chi connectivity index (χ1) is 8.58. The van der Waals surface area contributed by atoms with Crippen LogP contribution in [-0.4, -0.2) is 0 Å². The van der Waals surface area contributed by atoms with Crippen molar-refractivity contribution in [3.8, 4) is 11.1 Å². The minimum Gasteiger partial charge on any atom is -0.0587 e. The molecule has 0 aromatic heterocycles. The van der Waals surface area contributed by atoms with Gasteiger partial charge in [0.15, 0.2) is 0 Å². The van der Waals surface area contributed by atoms with Gasteiger partial charge in [-0.25, -0.2) is 0 Å². The fourth-order valence-electron chi connectivity index (χ4n) is 2.00. The van der Waals surface area contributed by atoms with Gasteiger partial charge in [-0.05, 0) is 46.2 Å². The monoisotopic (exact) mass is 236 g/mol. The number of rotatable bonds is 3. The third-order valence-electron chi connectivity index (χ3n) is 3.27. The van der Waals surface area contributed by atoms with Crippen LogP contribution < -0.4 is 0 Å². The van der Waals surface area contributed by atoms with E-state index in [0.717, 1.165) is 11.1 Å². The molecular weight excluding hydrogens is 216 g/mol. The number of hydrogen-bond acceptors (Lipinski definition) is 0. The summed E-state index contributed by atoms with van der Waals surface area (Å²) in [5.74, 6) is 1.10. The second-order valence-electron chi connectivity index (χ2n) is 5.38. The first-order valence-corrected chi connectivity index (χ1v) is 6.61. The Morgan fingerprint density at radius 1 is 0.722 bits per heavy atom. The van der Waals surface area contributed by atoms with Crippen molar-refractivity contribution >= 4 is 0 Å². The molecule has 0 heteroatoms. The molecule has 0 heterocycles. The molecule has 0 N–H and O–H groups in total. The fraction of sp³-hybridized carbons (Fsp3) is 0.333. The van der Waals surface area contributed by atoms with Crippen molar-refractivity contribution in [2.45, 2.75) is 39.5 Å². The van der Waals surface area contributed by atoms with E-state index in [2.05, 4.69) is 64.1 Å². The first-order valence-electron chi connectivity index (χ1n) is 6.61. The van der Waals surface area contributed by atoms with Crippen molar-refractivity contribution in [2.75, 3.05) is 0 Å². The summed E-state index contributed by atoms with van der Waals surface area (Å²) < 4.78 is 0. The average Bonchev–Trinajstić information content (AvgIpc) is 2.39. The molecular formula is C18H20. The van der Waals surface area contributed by atoms with Gasteiger partial charge >= 0.3 is 0 Å². The lowest BCUT2D eigenvalue weighted by atomic mass is 9.94. The molecule has 2 radical (unpaired) electrons. The highest BCUT2D eigenvalue weighted by Crippen LogP contribution is 2.25. The van der Waals surface area contributed by atoms with E-state index >= 15 is 0 Å². The van der Waals surface area contributed by atoms with Crippen molar-refractivity contribution in [3.05, 3.63) is 59.7 Å². The molecule has 0 atom stereocenters. The number of hydrogen-bond donors (Lipinski definition) is 0. The molecule has 0 fully saturated rings. The van der Waals surface area contributed by atoms with E-state index in [1.165, 1.54) is 11.1 Å². The van der Waals surface area contributed by atoms with Crippen molar-refractivity contribution < 1.29 is 0 Å². The summed E-state index contributed by atoms with van der Waals surface area (Å²) in [6, 6.07) is 19.4. The van der Waals surface area contributed by atoms with Gasteiger partial charge in [-0.15, -0.1) is 0 Å². The molecule has 2 aromatic carbocycles. The lowest BCUT2D eigenvalue weighted by Crippen LogP contribution is -1.90. The summed E-state index contributed by atoms with van der Waals surface area (Å²) >= 11 is 0. The van der Waals surface area contributed by atoms with E-state index in [1.807, 2.05) is 12.1 Å². The van der Waals surface area contributed by atoms with Gasteiger partial charge in [0.1, 0.15) is 0 Å². The Kier molecular flexibility index (Phi) is 3.86. The van der Waals surface area contributed by atoms with Gasteiger partial charge in [-0.1, -0.05) is 64.1 Å². The summed E-state index contributed by atoms with van der Waals surface area (Å²) in [4.78, 5) is 0. The van der Waals surface area contributed by atoms with Crippen LogP contribution in [0.4, 0.5) is 0 Å². The Morgan fingerprint density at radius 2 is 1.11 bits per heavy atom. The second kappa shape index (κ2) is 5.39. The van der Waals surface area contributed by atoms with Crippen molar-refractivity contribution in [1.82, 2.24) is 0 Å². The topological polar surface area (TPSA) is 0 Å². The van der Waals surface area contributed by atoms with Crippen LogP contribution in [0, 0.1) is 12.1 Å². The Balaban J connectivity index is 2.42. The van der Waals surface area contributed by atoms with E-state index in [4.69, 9.17) is 0 Å². The molecule has 2 rings (SSSR count). The van der Waals surface area contributed by atoms with Gasteiger partial charge in [-0.2, -0.15) is 0 Å². The van der Waals surface area contributed by atoms with Crippen molar-refractivity contribution in [1.29, 1.82) is 0 Å². The van der Waals surface area contributed by atoms with Crippen LogP contribution in [0.15, 0.2) is 36.4 Å². The summed E-state index contributed by atoms with van der Waals surface area (Å²) in [7, 11) is 0. The zero-order valence-electron chi connectivity index (χ0n) is 11.6. The number of benzene rings is 2. The maximum absolute atomic E-state index is 3.31. The van der Waals surface area contributed by atoms with E-state index in [0.29, 0.717) is 11.8 Å². The van der Waals surface area contributed by atoms with Gasteiger partial charge in [0.25, 0.3) is 0 Å². The van der Waals surface area contributed by atoms with Crippen LogP contribution >= 0.6 is 0 Å². The zero-order valence-corrected chi connectivity index (χ0v) is 11.6. The van der Waals surface area contributed by atoms with Gasteiger partial charge in [-0.3, -0.25) is 0 Å². The van der Waals surface area contributed by atoms with Crippen LogP contribution in [0.2, 0.25) is 0 Å². The van der Waals surface area contributed by atoms with E-state index in [9.17, 15) is 0 Å². The molecule has 0 unspecified atom stereocenters. The molecule has 0 aliphatic carbocycles. The predicted molar refractivity (Wildman–Crippen MR) is 77.7 cm³/mol. The minimum absolute atomic E-state index is 0.548. The Hall–Kier alpha value is -1.56. The van der Waals surface area contributed by atoms with E-state index in [-0.39, 0.29) is 0 Å². The highest BCUT2D eigenvalue weighted by Gasteiger charge is 2.05. The SMILES string of the molecule is CC(C)c1cc[c]c(-c2[c]ccc(C(C)C)c2)c1. The standard InChI is InChI=1S/C18H20/c1-13(2)15-7-5-9-17(11-15)18-10-6-8-16(12-18)14(3)4/h5-8,11-14H,1-4H3. The summed E-state index contributed by atoms with van der Waals surface area (Å²) in [6.07, 6.45) is 0. The van der Waals surface area contributed by atoms with Gasteiger partial charge in [0, 0.05) is 0 Å². The summed E-state index contributed by atoms with van der Waals surface area (Å²) in [6.45, 7) is 8.86. The van der Waals surface area contributed by atoms with Gasteiger partial charge < -0.3 is 0 Å². The molecule has 0 nitrogen and oxygen atoms in total. The van der Waals surface area contributed by atoms with Gasteiger partial charge in [0.2, 0.25) is 0 Å². The van der Waals surface area contributed by atoms with Crippen molar-refractivity contribution in [2.24, 2.45) is 0 Å². The van der Waals surface area contributed by atoms with Gasteiger partial charge in [0.05, 0.1) is 0 Å². The van der Waals surface area contributed by atoms with E-state index in [1.54, 1.807) is 0 Å². The quantitative estimate of drug-likeness (QED) is 0.687. The highest BCUT2D eigenvalue weighted by molar-refractivity contribution is 5.64. The third kappa shape index (κ3) is 2.81. The smallest absolute Gasteiger partial charge is 0.00960 e. The zero-order chi connectivity index (χ0) is 13.1. The molecule has 18 heavy (non-hydrogen) atoms. The Labute approximate surface area is 111 Å².